The van der Waals surface area contributed by atoms with Gasteiger partial charge in [-0.2, -0.15) is 0 Å². The van der Waals surface area contributed by atoms with Crippen LogP contribution in [0.2, 0.25) is 0 Å². The maximum atomic E-state index is 12.6. The Kier molecular flexibility index (Phi) is 6.00. The smallest absolute Gasteiger partial charge is 0.260 e. The van der Waals surface area contributed by atoms with Crippen LogP contribution in [0.15, 0.2) is 109 Å². The van der Waals surface area contributed by atoms with E-state index in [-0.39, 0.29) is 35.8 Å². The van der Waals surface area contributed by atoms with Gasteiger partial charge in [0.05, 0.1) is 35.6 Å². The fourth-order valence-electron chi connectivity index (χ4n) is 4.81. The van der Waals surface area contributed by atoms with Gasteiger partial charge in [0.2, 0.25) is 11.8 Å². The van der Waals surface area contributed by atoms with Crippen LogP contribution in [0.1, 0.15) is 12.8 Å². The van der Waals surface area contributed by atoms with Crippen molar-refractivity contribution in [2.45, 2.75) is 12.8 Å². The van der Waals surface area contributed by atoms with Gasteiger partial charge in [-0.15, -0.1) is 0 Å². The number of amides is 4. The molecule has 0 aliphatic carbocycles. The average Bonchev–Trinajstić information content (AvgIpc) is 3.39. The molecule has 2 fully saturated rings. The Labute approximate surface area is 229 Å². The molecule has 0 saturated carbocycles. The molecule has 8 heteroatoms. The first-order valence-electron chi connectivity index (χ1n) is 12.6. The van der Waals surface area contributed by atoms with Gasteiger partial charge in [-0.1, -0.05) is 67.8 Å². The van der Waals surface area contributed by atoms with Crippen molar-refractivity contribution in [3.8, 4) is 33.9 Å². The molecule has 40 heavy (non-hydrogen) atoms. The van der Waals surface area contributed by atoms with Crippen molar-refractivity contribution >= 4 is 35.0 Å². The first kappa shape index (κ1) is 24.8. The van der Waals surface area contributed by atoms with Gasteiger partial charge in [0.15, 0.2) is 5.82 Å². The van der Waals surface area contributed by atoms with Crippen molar-refractivity contribution < 1.29 is 19.2 Å². The van der Waals surface area contributed by atoms with Gasteiger partial charge in [0, 0.05) is 27.8 Å². The maximum Gasteiger partial charge on any atom is 0.260 e. The third-order valence-electron chi connectivity index (χ3n) is 6.80. The lowest BCUT2D eigenvalue weighted by atomic mass is 10.0. The molecule has 0 atom stereocenters. The lowest BCUT2D eigenvalue weighted by Gasteiger charge is -2.16. The zero-order chi connectivity index (χ0) is 28.0. The van der Waals surface area contributed by atoms with Crippen molar-refractivity contribution in [3.05, 3.63) is 109 Å². The van der Waals surface area contributed by atoms with Crippen LogP contribution in [-0.2, 0) is 19.2 Å². The lowest BCUT2D eigenvalue weighted by Crippen LogP contribution is -2.28. The van der Waals surface area contributed by atoms with Crippen LogP contribution in [0.25, 0.3) is 33.9 Å². The number of hydrogen-bond donors (Lipinski definition) is 0. The second-order valence-electron chi connectivity index (χ2n) is 9.56. The number of aromatic nitrogens is 2. The molecule has 8 nitrogen and oxygen atoms in total. The van der Waals surface area contributed by atoms with Crippen LogP contribution in [0.4, 0.5) is 11.4 Å². The molecule has 2 aliphatic rings. The van der Waals surface area contributed by atoms with E-state index in [2.05, 4.69) is 13.2 Å². The molecule has 3 heterocycles. The van der Waals surface area contributed by atoms with E-state index in [0.29, 0.717) is 39.7 Å². The molecular formula is C32H22N4O4. The summed E-state index contributed by atoms with van der Waals surface area (Å²) in [6.07, 6.45) is -0.0187. The van der Waals surface area contributed by atoms with Crippen LogP contribution < -0.4 is 9.80 Å². The van der Waals surface area contributed by atoms with E-state index < -0.39 is 11.8 Å². The summed E-state index contributed by atoms with van der Waals surface area (Å²) in [4.78, 5) is 62.0. The van der Waals surface area contributed by atoms with Crippen LogP contribution in [0, 0.1) is 0 Å². The quantitative estimate of drug-likeness (QED) is 0.264. The highest BCUT2D eigenvalue weighted by Gasteiger charge is 2.35. The van der Waals surface area contributed by atoms with Gasteiger partial charge >= 0.3 is 0 Å². The molecule has 4 aromatic rings. The first-order valence-corrected chi connectivity index (χ1v) is 12.6. The third-order valence-corrected chi connectivity index (χ3v) is 6.80. The first-order chi connectivity index (χ1) is 19.3. The highest BCUT2D eigenvalue weighted by atomic mass is 16.2. The molecule has 3 aromatic carbocycles. The molecule has 0 N–H and O–H groups in total. The van der Waals surface area contributed by atoms with Crippen molar-refractivity contribution in [2.75, 3.05) is 9.80 Å². The summed E-state index contributed by atoms with van der Waals surface area (Å²) in [5.41, 5.74) is 4.64. The van der Waals surface area contributed by atoms with Crippen molar-refractivity contribution in [1.82, 2.24) is 9.97 Å². The van der Waals surface area contributed by atoms with Gasteiger partial charge in [-0.05, 0) is 30.3 Å². The highest BCUT2D eigenvalue weighted by Crippen LogP contribution is 2.33. The molecule has 4 amide bonds. The van der Waals surface area contributed by atoms with Gasteiger partial charge in [0.25, 0.3) is 11.8 Å². The van der Waals surface area contributed by atoms with E-state index in [1.165, 1.54) is 0 Å². The molecule has 0 bridgehead atoms. The predicted molar refractivity (Wildman–Crippen MR) is 151 cm³/mol. The third kappa shape index (κ3) is 4.31. The monoisotopic (exact) mass is 526 g/mol. The van der Waals surface area contributed by atoms with Gasteiger partial charge < -0.3 is 0 Å². The van der Waals surface area contributed by atoms with E-state index in [4.69, 9.17) is 9.97 Å². The molecule has 2 saturated heterocycles. The Balaban J connectivity index is 1.47. The number of rotatable bonds is 5. The van der Waals surface area contributed by atoms with Crippen LogP contribution in [-0.4, -0.2) is 33.6 Å². The SMILES string of the molecule is C=C1CC(=O)N(c2cccc(-c3cc(-c4cccc(N5C(=O)CC(=C)C5=O)c4)nc(-c4ccccc4)n3)c2)C1=O. The number of imide groups is 2. The minimum Gasteiger partial charge on any atom is -0.274 e. The number of anilines is 2. The molecule has 1 aromatic heterocycles. The normalized spacial score (nSPS) is 15.5. The van der Waals surface area contributed by atoms with Crippen LogP contribution >= 0.6 is 0 Å². The fourth-order valence-corrected chi connectivity index (χ4v) is 4.81. The zero-order valence-corrected chi connectivity index (χ0v) is 21.3. The Bertz CT molecular complexity index is 1670. The predicted octanol–water partition coefficient (Wildman–Crippen LogP) is 5.12. The summed E-state index contributed by atoms with van der Waals surface area (Å²) in [5.74, 6) is -1.02. The molecule has 194 valence electrons. The number of carbonyl (C=O) groups is 4. The maximum absolute atomic E-state index is 12.6. The summed E-state index contributed by atoms with van der Waals surface area (Å²) in [5, 5.41) is 0. The van der Waals surface area contributed by atoms with Crippen molar-refractivity contribution in [3.63, 3.8) is 0 Å². The second kappa shape index (κ2) is 9.67. The zero-order valence-electron chi connectivity index (χ0n) is 21.3. The summed E-state index contributed by atoms with van der Waals surface area (Å²) in [7, 11) is 0. The number of nitrogens with zero attached hydrogens (tertiary/aromatic N) is 4. The number of benzene rings is 3. The van der Waals surface area contributed by atoms with Crippen LogP contribution in [0.3, 0.4) is 0 Å². The van der Waals surface area contributed by atoms with E-state index in [1.54, 1.807) is 42.5 Å². The van der Waals surface area contributed by atoms with Crippen molar-refractivity contribution in [1.29, 1.82) is 0 Å². The Morgan fingerprint density at radius 1 is 0.550 bits per heavy atom. The molecular weight excluding hydrogens is 504 g/mol. The van der Waals surface area contributed by atoms with Crippen molar-refractivity contribution in [2.24, 2.45) is 0 Å². The molecule has 0 radical (unpaired) electrons. The molecule has 2 aliphatic heterocycles. The minimum atomic E-state index is -0.416. The number of carbonyl (C=O) groups excluding carboxylic acids is 4. The Hall–Kier alpha value is -5.50. The van der Waals surface area contributed by atoms with E-state index >= 15 is 0 Å². The van der Waals surface area contributed by atoms with E-state index in [1.807, 2.05) is 42.5 Å². The van der Waals surface area contributed by atoms with Gasteiger partial charge in [0.1, 0.15) is 0 Å². The van der Waals surface area contributed by atoms with E-state index in [0.717, 1.165) is 15.4 Å². The molecule has 6 rings (SSSR count). The summed E-state index contributed by atoms with van der Waals surface area (Å²) in [6.45, 7) is 7.40. The standard InChI is InChI=1S/C32H22N4O4/c1-19-14-28(37)35(31(19)39)24-12-6-10-22(16-24)26-18-27(34-30(33-26)21-8-4-3-5-9-21)23-11-7-13-25(17-23)36-29(38)15-20(2)32(36)40/h3-13,16-18H,1-2,14-15H2. The Morgan fingerprint density at radius 2 is 1.00 bits per heavy atom. The Morgan fingerprint density at radius 3 is 1.43 bits per heavy atom. The summed E-state index contributed by atoms with van der Waals surface area (Å²) < 4.78 is 0. The molecule has 0 unspecified atom stereocenters. The van der Waals surface area contributed by atoms with Crippen LogP contribution in [0.5, 0.6) is 0 Å². The van der Waals surface area contributed by atoms with E-state index in [9.17, 15) is 19.2 Å². The highest BCUT2D eigenvalue weighted by molar-refractivity contribution is 6.28. The average molecular weight is 527 g/mol. The minimum absolute atomic E-state index is 0.00934. The molecule has 0 spiro atoms. The summed E-state index contributed by atoms with van der Waals surface area (Å²) >= 11 is 0. The number of hydrogen-bond acceptors (Lipinski definition) is 6. The van der Waals surface area contributed by atoms with Gasteiger partial charge in [-0.25, -0.2) is 19.8 Å². The second-order valence-corrected chi connectivity index (χ2v) is 9.56. The fraction of sp³-hybridized carbons (Fsp3) is 0.0625. The topological polar surface area (TPSA) is 101 Å². The summed E-state index contributed by atoms with van der Waals surface area (Å²) in [6, 6.07) is 25.3. The van der Waals surface area contributed by atoms with Gasteiger partial charge in [-0.3, -0.25) is 19.2 Å². The largest absolute Gasteiger partial charge is 0.274 e. The lowest BCUT2D eigenvalue weighted by molar-refractivity contribution is -0.122.